The molecule has 1 aromatic rings. The highest BCUT2D eigenvalue weighted by molar-refractivity contribution is 5.09. The van der Waals surface area contributed by atoms with Gasteiger partial charge in [-0.05, 0) is 32.0 Å². The van der Waals surface area contributed by atoms with Crippen molar-refractivity contribution in [1.82, 2.24) is 15.3 Å². The normalized spacial score (nSPS) is 21.4. The Morgan fingerprint density at radius 2 is 2.50 bits per heavy atom. The van der Waals surface area contributed by atoms with Crippen molar-refractivity contribution in [1.29, 1.82) is 0 Å². The fraction of sp³-hybridized carbons (Fsp3) is 0.600. The van der Waals surface area contributed by atoms with E-state index in [1.807, 2.05) is 12.3 Å². The van der Waals surface area contributed by atoms with Gasteiger partial charge in [0.2, 0.25) is 0 Å². The molecule has 4 heteroatoms. The van der Waals surface area contributed by atoms with Crippen LogP contribution in [0.25, 0.3) is 0 Å². The van der Waals surface area contributed by atoms with Crippen molar-refractivity contribution in [3.8, 4) is 0 Å². The highest BCUT2D eigenvalue weighted by Crippen LogP contribution is 2.20. The van der Waals surface area contributed by atoms with Gasteiger partial charge < -0.3 is 11.1 Å². The van der Waals surface area contributed by atoms with E-state index in [-0.39, 0.29) is 0 Å². The third-order valence-corrected chi connectivity index (χ3v) is 2.51. The standard InChI is InChI=1S/C10H16N4/c11-5-3-10-13-7-4-9(14-10)8-2-1-6-12-8/h4,7-8,12H,1-3,5-6,11H2. The summed E-state index contributed by atoms with van der Waals surface area (Å²) in [5, 5.41) is 3.42. The Kier molecular flexibility index (Phi) is 3.06. The Morgan fingerprint density at radius 3 is 3.21 bits per heavy atom. The minimum absolute atomic E-state index is 0.425. The number of rotatable bonds is 3. The van der Waals surface area contributed by atoms with Crippen molar-refractivity contribution < 1.29 is 0 Å². The molecule has 2 rings (SSSR count). The molecule has 2 heterocycles. The number of aromatic nitrogens is 2. The lowest BCUT2D eigenvalue weighted by Gasteiger charge is -2.09. The van der Waals surface area contributed by atoms with E-state index in [1.54, 1.807) is 0 Å². The summed E-state index contributed by atoms with van der Waals surface area (Å²) in [6.45, 7) is 1.71. The number of hydrogen-bond donors (Lipinski definition) is 2. The van der Waals surface area contributed by atoms with E-state index >= 15 is 0 Å². The second-order valence-corrected chi connectivity index (χ2v) is 3.59. The predicted molar refractivity (Wildman–Crippen MR) is 54.8 cm³/mol. The van der Waals surface area contributed by atoms with Crippen LogP contribution in [0, 0.1) is 0 Å². The highest BCUT2D eigenvalue weighted by Gasteiger charge is 2.17. The maximum Gasteiger partial charge on any atom is 0.129 e. The van der Waals surface area contributed by atoms with E-state index in [9.17, 15) is 0 Å². The molecule has 1 fully saturated rings. The summed E-state index contributed by atoms with van der Waals surface area (Å²) in [4.78, 5) is 8.67. The average molecular weight is 192 g/mol. The van der Waals surface area contributed by atoms with E-state index in [0.717, 1.165) is 24.5 Å². The molecule has 1 unspecified atom stereocenters. The Labute approximate surface area is 83.9 Å². The van der Waals surface area contributed by atoms with Gasteiger partial charge in [-0.3, -0.25) is 0 Å². The van der Waals surface area contributed by atoms with Crippen LogP contribution in [0.3, 0.4) is 0 Å². The van der Waals surface area contributed by atoms with Crippen LogP contribution >= 0.6 is 0 Å². The molecule has 0 amide bonds. The van der Waals surface area contributed by atoms with Gasteiger partial charge in [-0.25, -0.2) is 9.97 Å². The Hall–Kier alpha value is -1.00. The molecule has 1 atom stereocenters. The SMILES string of the molecule is NCCc1nccc(C2CCCN2)n1. The van der Waals surface area contributed by atoms with E-state index in [0.29, 0.717) is 12.6 Å². The molecule has 0 spiro atoms. The molecule has 0 saturated carbocycles. The van der Waals surface area contributed by atoms with Crippen LogP contribution < -0.4 is 11.1 Å². The summed E-state index contributed by atoms with van der Waals surface area (Å²) in [7, 11) is 0. The minimum atomic E-state index is 0.425. The van der Waals surface area contributed by atoms with Crippen LogP contribution in [0.1, 0.15) is 30.4 Å². The smallest absolute Gasteiger partial charge is 0.129 e. The van der Waals surface area contributed by atoms with E-state index in [4.69, 9.17) is 5.73 Å². The highest BCUT2D eigenvalue weighted by atomic mass is 15.0. The topological polar surface area (TPSA) is 63.8 Å². The first-order valence-electron chi connectivity index (χ1n) is 5.15. The lowest BCUT2D eigenvalue weighted by Crippen LogP contribution is -2.16. The zero-order valence-corrected chi connectivity index (χ0v) is 8.24. The van der Waals surface area contributed by atoms with Crippen LogP contribution in [-0.2, 0) is 6.42 Å². The van der Waals surface area contributed by atoms with E-state index in [1.165, 1.54) is 12.8 Å². The molecular formula is C10H16N4. The molecule has 1 aliphatic heterocycles. The van der Waals surface area contributed by atoms with Crippen LogP contribution in [-0.4, -0.2) is 23.1 Å². The third-order valence-electron chi connectivity index (χ3n) is 2.51. The monoisotopic (exact) mass is 192 g/mol. The fourth-order valence-electron chi connectivity index (χ4n) is 1.80. The van der Waals surface area contributed by atoms with Gasteiger partial charge in [0.1, 0.15) is 5.82 Å². The third kappa shape index (κ3) is 2.08. The van der Waals surface area contributed by atoms with Crippen molar-refractivity contribution >= 4 is 0 Å². The molecule has 4 nitrogen and oxygen atoms in total. The number of hydrogen-bond acceptors (Lipinski definition) is 4. The summed E-state index contributed by atoms with van der Waals surface area (Å²) in [5.74, 6) is 0.860. The summed E-state index contributed by atoms with van der Waals surface area (Å²) in [6, 6.07) is 2.41. The zero-order chi connectivity index (χ0) is 9.80. The van der Waals surface area contributed by atoms with Gasteiger partial charge in [0.15, 0.2) is 0 Å². The van der Waals surface area contributed by atoms with Crippen LogP contribution in [0.15, 0.2) is 12.3 Å². The van der Waals surface area contributed by atoms with Crippen molar-refractivity contribution in [3.63, 3.8) is 0 Å². The maximum absolute atomic E-state index is 5.47. The van der Waals surface area contributed by atoms with Gasteiger partial charge in [0, 0.05) is 18.7 Å². The van der Waals surface area contributed by atoms with Crippen LogP contribution in [0.5, 0.6) is 0 Å². The molecule has 0 aliphatic carbocycles. The molecular weight excluding hydrogens is 176 g/mol. The molecule has 14 heavy (non-hydrogen) atoms. The van der Waals surface area contributed by atoms with Crippen molar-refractivity contribution in [3.05, 3.63) is 23.8 Å². The molecule has 1 aliphatic rings. The molecule has 1 aromatic heterocycles. The predicted octanol–water partition coefficient (Wildman–Crippen LogP) is 0.402. The van der Waals surface area contributed by atoms with E-state index < -0.39 is 0 Å². The van der Waals surface area contributed by atoms with E-state index in [2.05, 4.69) is 15.3 Å². The second-order valence-electron chi connectivity index (χ2n) is 3.59. The number of nitrogens with zero attached hydrogens (tertiary/aromatic N) is 2. The van der Waals surface area contributed by atoms with Crippen molar-refractivity contribution in [2.75, 3.05) is 13.1 Å². The first kappa shape index (κ1) is 9.55. The first-order valence-corrected chi connectivity index (χ1v) is 5.15. The first-order chi connectivity index (χ1) is 6.90. The lowest BCUT2D eigenvalue weighted by atomic mass is 10.1. The fourth-order valence-corrected chi connectivity index (χ4v) is 1.80. The number of nitrogens with two attached hydrogens (primary N) is 1. The zero-order valence-electron chi connectivity index (χ0n) is 8.24. The van der Waals surface area contributed by atoms with Gasteiger partial charge in [-0.1, -0.05) is 0 Å². The van der Waals surface area contributed by atoms with Gasteiger partial charge in [-0.15, -0.1) is 0 Å². The van der Waals surface area contributed by atoms with Gasteiger partial charge in [-0.2, -0.15) is 0 Å². The molecule has 0 bridgehead atoms. The largest absolute Gasteiger partial charge is 0.330 e. The minimum Gasteiger partial charge on any atom is -0.330 e. The van der Waals surface area contributed by atoms with Crippen LogP contribution in [0.4, 0.5) is 0 Å². The maximum atomic E-state index is 5.47. The summed E-state index contributed by atoms with van der Waals surface area (Å²) < 4.78 is 0. The van der Waals surface area contributed by atoms with Gasteiger partial charge in [0.25, 0.3) is 0 Å². The molecule has 0 aromatic carbocycles. The van der Waals surface area contributed by atoms with Gasteiger partial charge in [0.05, 0.1) is 5.69 Å². The lowest BCUT2D eigenvalue weighted by molar-refractivity contribution is 0.619. The summed E-state index contributed by atoms with van der Waals surface area (Å²) >= 11 is 0. The quantitative estimate of drug-likeness (QED) is 0.727. The Morgan fingerprint density at radius 1 is 1.57 bits per heavy atom. The molecule has 0 radical (unpaired) electrons. The second kappa shape index (κ2) is 4.48. The van der Waals surface area contributed by atoms with Gasteiger partial charge >= 0.3 is 0 Å². The molecule has 1 saturated heterocycles. The molecule has 76 valence electrons. The molecule has 3 N–H and O–H groups in total. The van der Waals surface area contributed by atoms with Crippen molar-refractivity contribution in [2.24, 2.45) is 5.73 Å². The Bertz CT molecular complexity index is 294. The van der Waals surface area contributed by atoms with Crippen molar-refractivity contribution in [2.45, 2.75) is 25.3 Å². The average Bonchev–Trinajstić information content (AvgIpc) is 2.71. The summed E-state index contributed by atoms with van der Waals surface area (Å²) in [5.41, 5.74) is 6.58. The number of nitrogens with one attached hydrogen (secondary N) is 1. The Balaban J connectivity index is 2.12. The van der Waals surface area contributed by atoms with Crippen LogP contribution in [0.2, 0.25) is 0 Å². The summed E-state index contributed by atoms with van der Waals surface area (Å²) in [6.07, 6.45) is 5.01.